The molecule has 0 unspecified atom stereocenters. The van der Waals surface area contributed by atoms with Crippen LogP contribution in [-0.4, -0.2) is 38.3 Å². The third-order valence-electron chi connectivity index (χ3n) is 6.41. The van der Waals surface area contributed by atoms with Crippen molar-refractivity contribution in [3.05, 3.63) is 70.8 Å². The summed E-state index contributed by atoms with van der Waals surface area (Å²) in [5.41, 5.74) is -1.45. The van der Waals surface area contributed by atoms with E-state index in [4.69, 9.17) is 4.98 Å². The number of tetrazole rings is 1. The topological polar surface area (TPSA) is 63.0 Å². The van der Waals surface area contributed by atoms with Gasteiger partial charge >= 0.3 is 12.4 Å². The summed E-state index contributed by atoms with van der Waals surface area (Å²) in [6, 6.07) is 11.0. The van der Waals surface area contributed by atoms with Crippen molar-refractivity contribution < 1.29 is 26.3 Å². The van der Waals surface area contributed by atoms with Gasteiger partial charge in [0.05, 0.1) is 23.7 Å². The lowest BCUT2D eigenvalue weighted by molar-refractivity contribution is -0.143. The largest absolute Gasteiger partial charge is 0.416 e. The molecule has 0 N–H and O–H groups in total. The van der Waals surface area contributed by atoms with Crippen LogP contribution in [0.15, 0.2) is 48.5 Å². The fraction of sp³-hybridized carbons (Fsp3) is 0.407. The van der Waals surface area contributed by atoms with Crippen LogP contribution in [0.4, 0.5) is 38.1 Å². The number of unbranched alkanes of at least 4 members (excludes halogenated alkanes) is 1. The molecule has 214 valence electrons. The first-order valence-electron chi connectivity index (χ1n) is 12.8. The predicted octanol–water partition coefficient (Wildman–Crippen LogP) is 6.63. The number of nitrogens with zero attached hydrogens (tertiary/aromatic N) is 7. The number of fused-ring (bicyclic) bond motifs is 1. The van der Waals surface area contributed by atoms with Crippen LogP contribution in [0, 0.1) is 0 Å². The molecule has 0 amide bonds. The summed E-state index contributed by atoms with van der Waals surface area (Å²) in [6.45, 7) is 5.21. The normalized spacial score (nSPS) is 12.2. The van der Waals surface area contributed by atoms with Crippen LogP contribution in [0.3, 0.4) is 0 Å². The monoisotopic (exact) mass is 565 g/mol. The van der Waals surface area contributed by atoms with E-state index in [1.165, 1.54) is 16.7 Å². The molecule has 7 nitrogen and oxygen atoms in total. The molecule has 0 aliphatic rings. The number of rotatable bonds is 10. The van der Waals surface area contributed by atoms with Crippen LogP contribution in [0.25, 0.3) is 10.9 Å². The van der Waals surface area contributed by atoms with Gasteiger partial charge in [0.1, 0.15) is 5.82 Å². The Morgan fingerprint density at radius 2 is 1.52 bits per heavy atom. The van der Waals surface area contributed by atoms with E-state index in [0.29, 0.717) is 12.4 Å². The summed E-state index contributed by atoms with van der Waals surface area (Å²) in [7, 11) is 1.52. The highest BCUT2D eigenvalue weighted by Gasteiger charge is 2.37. The zero-order valence-electron chi connectivity index (χ0n) is 22.3. The summed E-state index contributed by atoms with van der Waals surface area (Å²) in [5, 5.41) is 12.9. The van der Waals surface area contributed by atoms with Crippen molar-refractivity contribution in [2.75, 3.05) is 22.9 Å². The Hall–Kier alpha value is -3.90. The number of halogens is 6. The molecule has 40 heavy (non-hydrogen) atoms. The van der Waals surface area contributed by atoms with Gasteiger partial charge < -0.3 is 9.80 Å². The summed E-state index contributed by atoms with van der Waals surface area (Å²) in [4.78, 5) is 9.68. The molecule has 2 aromatic carbocycles. The molecule has 0 aliphatic heterocycles. The highest BCUT2D eigenvalue weighted by Crippen LogP contribution is 2.37. The van der Waals surface area contributed by atoms with Gasteiger partial charge in [0.15, 0.2) is 0 Å². The Bertz CT molecular complexity index is 1420. The second-order valence-electron chi connectivity index (χ2n) is 9.45. The number of pyridine rings is 1. The average molecular weight is 566 g/mol. The molecule has 0 aliphatic carbocycles. The molecular formula is C27H29F6N7. The summed E-state index contributed by atoms with van der Waals surface area (Å²) < 4.78 is 81.3. The smallest absolute Gasteiger partial charge is 0.357 e. The van der Waals surface area contributed by atoms with E-state index in [2.05, 4.69) is 27.2 Å². The molecule has 0 spiro atoms. The van der Waals surface area contributed by atoms with Crippen molar-refractivity contribution in [2.24, 2.45) is 7.05 Å². The molecule has 4 rings (SSSR count). The molecule has 0 atom stereocenters. The zero-order chi connectivity index (χ0) is 29.1. The van der Waals surface area contributed by atoms with Gasteiger partial charge in [0.2, 0.25) is 0 Å². The first kappa shape index (κ1) is 29.1. The number of benzene rings is 2. The number of aryl methyl sites for hydroxylation is 1. The minimum atomic E-state index is -4.96. The molecule has 0 saturated heterocycles. The highest BCUT2D eigenvalue weighted by atomic mass is 19.4. The standard InChI is InChI=1S/C27H29F6N7/c1-4-6-11-39(5-2)24-20(14-19-9-7-8-10-23(19)34-24)17-40(25-35-37-38(3)36-25)16-18-12-21(26(28,29)30)15-22(13-18)27(31,32)33/h7-10,12-15H,4-6,11,16-17H2,1-3H3. The van der Waals surface area contributed by atoms with Crippen LogP contribution in [0.5, 0.6) is 0 Å². The van der Waals surface area contributed by atoms with Crippen LogP contribution >= 0.6 is 0 Å². The fourth-order valence-electron chi connectivity index (χ4n) is 4.44. The van der Waals surface area contributed by atoms with Crippen molar-refractivity contribution in [2.45, 2.75) is 52.1 Å². The maximum Gasteiger partial charge on any atom is 0.416 e. The second kappa shape index (κ2) is 11.7. The molecule has 4 aromatic rings. The lowest BCUT2D eigenvalue weighted by atomic mass is 10.0. The SMILES string of the molecule is CCCCN(CC)c1nc2ccccc2cc1CN(Cc1cc(C(F)(F)F)cc(C(F)(F)F)c1)c1nnn(C)n1. The first-order valence-corrected chi connectivity index (χ1v) is 12.8. The Kier molecular flexibility index (Phi) is 8.50. The van der Waals surface area contributed by atoms with Crippen molar-refractivity contribution >= 4 is 22.7 Å². The molecule has 2 heterocycles. The molecule has 0 bridgehead atoms. The van der Waals surface area contributed by atoms with Gasteiger partial charge in [-0.25, -0.2) is 4.98 Å². The second-order valence-corrected chi connectivity index (χ2v) is 9.45. The van der Waals surface area contributed by atoms with Crippen molar-refractivity contribution in [1.82, 2.24) is 25.2 Å². The molecule has 0 fully saturated rings. The summed E-state index contributed by atoms with van der Waals surface area (Å²) in [6.07, 6.45) is -8.03. The Balaban J connectivity index is 1.81. The Morgan fingerprint density at radius 1 is 0.850 bits per heavy atom. The van der Waals surface area contributed by atoms with Gasteiger partial charge in [-0.1, -0.05) is 36.6 Å². The molecule has 13 heteroatoms. The van der Waals surface area contributed by atoms with Crippen molar-refractivity contribution in [1.29, 1.82) is 0 Å². The van der Waals surface area contributed by atoms with Crippen LogP contribution in [0.1, 0.15) is 48.9 Å². The third-order valence-corrected chi connectivity index (χ3v) is 6.41. The van der Waals surface area contributed by atoms with Gasteiger partial charge in [-0.15, -0.1) is 5.10 Å². The van der Waals surface area contributed by atoms with Crippen molar-refractivity contribution in [3.8, 4) is 0 Å². The van der Waals surface area contributed by atoms with E-state index in [1.54, 1.807) is 0 Å². The maximum atomic E-state index is 13.5. The van der Waals surface area contributed by atoms with Crippen LogP contribution < -0.4 is 9.80 Å². The van der Waals surface area contributed by atoms with E-state index >= 15 is 0 Å². The number of para-hydroxylation sites is 1. The number of hydrogen-bond donors (Lipinski definition) is 0. The van der Waals surface area contributed by atoms with E-state index in [-0.39, 0.29) is 30.7 Å². The Morgan fingerprint density at radius 3 is 2.10 bits per heavy atom. The zero-order valence-corrected chi connectivity index (χ0v) is 22.3. The Labute approximate surface area is 227 Å². The van der Waals surface area contributed by atoms with E-state index < -0.39 is 23.5 Å². The molecular weight excluding hydrogens is 536 g/mol. The number of aromatic nitrogens is 5. The number of anilines is 2. The maximum absolute atomic E-state index is 13.5. The minimum absolute atomic E-state index is 0.0594. The van der Waals surface area contributed by atoms with E-state index in [0.717, 1.165) is 48.0 Å². The van der Waals surface area contributed by atoms with E-state index in [9.17, 15) is 26.3 Å². The van der Waals surface area contributed by atoms with Gasteiger partial charge in [-0.3, -0.25) is 0 Å². The summed E-state index contributed by atoms with van der Waals surface area (Å²) in [5.74, 6) is 0.743. The van der Waals surface area contributed by atoms with Gasteiger partial charge in [-0.2, -0.15) is 31.1 Å². The number of hydrogen-bond acceptors (Lipinski definition) is 6. The minimum Gasteiger partial charge on any atom is -0.357 e. The molecule has 0 saturated carbocycles. The quantitative estimate of drug-likeness (QED) is 0.201. The van der Waals surface area contributed by atoms with Crippen molar-refractivity contribution in [3.63, 3.8) is 0 Å². The molecule has 2 aromatic heterocycles. The highest BCUT2D eigenvalue weighted by molar-refractivity contribution is 5.82. The predicted molar refractivity (Wildman–Crippen MR) is 140 cm³/mol. The third kappa shape index (κ3) is 6.80. The van der Waals surface area contributed by atoms with Crippen LogP contribution in [-0.2, 0) is 32.5 Å². The van der Waals surface area contributed by atoms with Gasteiger partial charge in [0, 0.05) is 37.1 Å². The fourth-order valence-corrected chi connectivity index (χ4v) is 4.44. The molecule has 0 radical (unpaired) electrons. The number of alkyl halides is 6. The van der Waals surface area contributed by atoms with Gasteiger partial charge in [-0.05, 0) is 54.5 Å². The van der Waals surface area contributed by atoms with Crippen LogP contribution in [0.2, 0.25) is 0 Å². The average Bonchev–Trinajstić information content (AvgIpc) is 3.33. The summed E-state index contributed by atoms with van der Waals surface area (Å²) >= 11 is 0. The van der Waals surface area contributed by atoms with E-state index in [1.807, 2.05) is 37.3 Å². The first-order chi connectivity index (χ1) is 18.9. The lowest BCUT2D eigenvalue weighted by Crippen LogP contribution is -2.29. The van der Waals surface area contributed by atoms with Gasteiger partial charge in [0.25, 0.3) is 5.95 Å². The lowest BCUT2D eigenvalue weighted by Gasteiger charge is -2.28.